The summed E-state index contributed by atoms with van der Waals surface area (Å²) in [5.41, 5.74) is -0.685. The third-order valence-corrected chi connectivity index (χ3v) is 2.52. The van der Waals surface area contributed by atoms with Crippen molar-refractivity contribution in [3.05, 3.63) is 10.1 Å². The SMILES string of the molecule is CCCCCC(C)(CC)[N+](=O)[O-]. The van der Waals surface area contributed by atoms with Gasteiger partial charge in [0.05, 0.1) is 0 Å². The molecule has 0 aromatic rings. The fraction of sp³-hybridized carbons (Fsp3) is 1.00. The maximum Gasteiger partial charge on any atom is 0.219 e. The molecule has 0 aliphatic rings. The molecule has 0 saturated carbocycles. The zero-order valence-electron chi connectivity index (χ0n) is 8.30. The molecule has 3 heteroatoms. The summed E-state index contributed by atoms with van der Waals surface area (Å²) < 4.78 is 0. The van der Waals surface area contributed by atoms with Gasteiger partial charge in [-0.05, 0) is 6.42 Å². The first kappa shape index (κ1) is 11.4. The predicted molar refractivity (Wildman–Crippen MR) is 49.8 cm³/mol. The van der Waals surface area contributed by atoms with Gasteiger partial charge < -0.3 is 0 Å². The van der Waals surface area contributed by atoms with Crippen LogP contribution in [0.3, 0.4) is 0 Å². The Hall–Kier alpha value is -0.600. The Kier molecular flexibility index (Phi) is 4.86. The highest BCUT2D eigenvalue weighted by atomic mass is 16.6. The molecule has 3 nitrogen and oxygen atoms in total. The minimum Gasteiger partial charge on any atom is -0.264 e. The summed E-state index contributed by atoms with van der Waals surface area (Å²) in [6.07, 6.45) is 4.54. The van der Waals surface area contributed by atoms with Crippen molar-refractivity contribution in [3.63, 3.8) is 0 Å². The van der Waals surface area contributed by atoms with Gasteiger partial charge in [-0.2, -0.15) is 0 Å². The Bertz CT molecular complexity index is 147. The highest BCUT2D eigenvalue weighted by Crippen LogP contribution is 2.21. The van der Waals surface area contributed by atoms with Crippen molar-refractivity contribution >= 4 is 0 Å². The van der Waals surface area contributed by atoms with E-state index in [2.05, 4.69) is 6.92 Å². The van der Waals surface area contributed by atoms with Crippen LogP contribution in [-0.2, 0) is 0 Å². The lowest BCUT2D eigenvalue weighted by atomic mass is 9.92. The molecular formula is C9H19NO2. The van der Waals surface area contributed by atoms with Crippen molar-refractivity contribution in [3.8, 4) is 0 Å². The molecule has 0 spiro atoms. The van der Waals surface area contributed by atoms with Gasteiger partial charge in [0.15, 0.2) is 0 Å². The summed E-state index contributed by atoms with van der Waals surface area (Å²) in [7, 11) is 0. The topological polar surface area (TPSA) is 43.1 Å². The fourth-order valence-corrected chi connectivity index (χ4v) is 1.15. The normalized spacial score (nSPS) is 15.6. The molecule has 12 heavy (non-hydrogen) atoms. The Balaban J connectivity index is 3.88. The Labute approximate surface area is 74.3 Å². The fourth-order valence-electron chi connectivity index (χ4n) is 1.15. The minimum absolute atomic E-state index is 0.136. The lowest BCUT2D eigenvalue weighted by molar-refractivity contribution is -0.567. The summed E-state index contributed by atoms with van der Waals surface area (Å²) in [5, 5.41) is 10.7. The molecular weight excluding hydrogens is 154 g/mol. The highest BCUT2D eigenvalue weighted by molar-refractivity contribution is 4.71. The van der Waals surface area contributed by atoms with Crippen LogP contribution < -0.4 is 0 Å². The van der Waals surface area contributed by atoms with Gasteiger partial charge in [0.25, 0.3) is 0 Å². The smallest absolute Gasteiger partial charge is 0.219 e. The maximum atomic E-state index is 10.7. The van der Waals surface area contributed by atoms with Gasteiger partial charge in [0, 0.05) is 24.7 Å². The average Bonchev–Trinajstić information content (AvgIpc) is 2.04. The first-order chi connectivity index (χ1) is 5.56. The van der Waals surface area contributed by atoms with Crippen LogP contribution in [0.5, 0.6) is 0 Å². The predicted octanol–water partition coefficient (Wildman–Crippen LogP) is 3.01. The molecule has 0 aromatic carbocycles. The van der Waals surface area contributed by atoms with Gasteiger partial charge in [-0.3, -0.25) is 10.1 Å². The van der Waals surface area contributed by atoms with Crippen molar-refractivity contribution < 1.29 is 4.92 Å². The van der Waals surface area contributed by atoms with Crippen molar-refractivity contribution in [1.82, 2.24) is 0 Å². The minimum atomic E-state index is -0.685. The largest absolute Gasteiger partial charge is 0.264 e. The molecule has 0 radical (unpaired) electrons. The third kappa shape index (κ3) is 3.20. The van der Waals surface area contributed by atoms with Crippen LogP contribution in [0, 0.1) is 10.1 Å². The van der Waals surface area contributed by atoms with E-state index in [1.807, 2.05) is 6.92 Å². The second-order valence-electron chi connectivity index (χ2n) is 3.56. The van der Waals surface area contributed by atoms with Gasteiger partial charge in [-0.25, -0.2) is 0 Å². The van der Waals surface area contributed by atoms with Crippen LogP contribution in [-0.4, -0.2) is 10.5 Å². The molecule has 0 heterocycles. The first-order valence-corrected chi connectivity index (χ1v) is 4.71. The van der Waals surface area contributed by atoms with Gasteiger partial charge in [0.2, 0.25) is 5.54 Å². The van der Waals surface area contributed by atoms with Crippen LogP contribution in [0.25, 0.3) is 0 Å². The molecule has 0 aromatic heterocycles. The number of rotatable bonds is 6. The molecule has 0 saturated heterocycles. The number of hydrogen-bond donors (Lipinski definition) is 0. The number of nitro groups is 1. The van der Waals surface area contributed by atoms with Gasteiger partial charge in [-0.1, -0.05) is 26.7 Å². The second-order valence-corrected chi connectivity index (χ2v) is 3.56. The summed E-state index contributed by atoms with van der Waals surface area (Å²) in [6.45, 7) is 5.73. The summed E-state index contributed by atoms with van der Waals surface area (Å²) in [6, 6.07) is 0. The quantitative estimate of drug-likeness (QED) is 0.352. The molecule has 1 unspecified atom stereocenters. The molecule has 1 atom stereocenters. The Morgan fingerprint density at radius 1 is 1.33 bits per heavy atom. The van der Waals surface area contributed by atoms with E-state index in [0.29, 0.717) is 12.8 Å². The van der Waals surface area contributed by atoms with Crippen LogP contribution >= 0.6 is 0 Å². The summed E-state index contributed by atoms with van der Waals surface area (Å²) in [5.74, 6) is 0. The van der Waals surface area contributed by atoms with E-state index in [4.69, 9.17) is 0 Å². The van der Waals surface area contributed by atoms with Gasteiger partial charge in [-0.15, -0.1) is 0 Å². The van der Waals surface area contributed by atoms with Crippen LogP contribution in [0.15, 0.2) is 0 Å². The van der Waals surface area contributed by atoms with E-state index in [1.165, 1.54) is 0 Å². The maximum absolute atomic E-state index is 10.7. The van der Waals surface area contributed by atoms with E-state index >= 15 is 0 Å². The third-order valence-electron chi connectivity index (χ3n) is 2.52. The summed E-state index contributed by atoms with van der Waals surface area (Å²) >= 11 is 0. The van der Waals surface area contributed by atoms with Crippen LogP contribution in [0.2, 0.25) is 0 Å². The van der Waals surface area contributed by atoms with E-state index in [9.17, 15) is 10.1 Å². The Morgan fingerprint density at radius 2 is 1.92 bits per heavy atom. The van der Waals surface area contributed by atoms with E-state index in [0.717, 1.165) is 19.3 Å². The molecule has 0 fully saturated rings. The molecule has 0 amide bonds. The standard InChI is InChI=1S/C9H19NO2/c1-4-6-7-8-9(3,5-2)10(11)12/h4-8H2,1-3H3. The zero-order chi connectivity index (χ0) is 9.61. The molecule has 0 aliphatic heterocycles. The number of unbranched alkanes of at least 4 members (excludes halogenated alkanes) is 2. The van der Waals surface area contributed by atoms with Crippen molar-refractivity contribution in [2.75, 3.05) is 0 Å². The van der Waals surface area contributed by atoms with Crippen molar-refractivity contribution in [1.29, 1.82) is 0 Å². The molecule has 0 rings (SSSR count). The molecule has 0 aliphatic carbocycles. The Morgan fingerprint density at radius 3 is 2.25 bits per heavy atom. The molecule has 0 N–H and O–H groups in total. The monoisotopic (exact) mass is 173 g/mol. The van der Waals surface area contributed by atoms with Crippen LogP contribution in [0.1, 0.15) is 52.9 Å². The van der Waals surface area contributed by atoms with E-state index < -0.39 is 5.54 Å². The molecule has 0 bridgehead atoms. The van der Waals surface area contributed by atoms with E-state index in [-0.39, 0.29) is 4.92 Å². The van der Waals surface area contributed by atoms with Gasteiger partial charge in [0.1, 0.15) is 0 Å². The van der Waals surface area contributed by atoms with Crippen molar-refractivity contribution in [2.45, 2.75) is 58.4 Å². The lowest BCUT2D eigenvalue weighted by Crippen LogP contribution is -2.33. The van der Waals surface area contributed by atoms with E-state index in [1.54, 1.807) is 6.92 Å². The lowest BCUT2D eigenvalue weighted by Gasteiger charge is -2.18. The number of nitrogens with zero attached hydrogens (tertiary/aromatic N) is 1. The first-order valence-electron chi connectivity index (χ1n) is 4.71. The second kappa shape index (κ2) is 5.12. The van der Waals surface area contributed by atoms with Gasteiger partial charge >= 0.3 is 0 Å². The average molecular weight is 173 g/mol. The summed E-state index contributed by atoms with van der Waals surface area (Å²) in [4.78, 5) is 10.5. The van der Waals surface area contributed by atoms with Crippen LogP contribution in [0.4, 0.5) is 0 Å². The molecule has 72 valence electrons. The number of hydrogen-bond acceptors (Lipinski definition) is 2. The zero-order valence-corrected chi connectivity index (χ0v) is 8.30. The highest BCUT2D eigenvalue weighted by Gasteiger charge is 2.33. The van der Waals surface area contributed by atoms with Crippen molar-refractivity contribution in [2.24, 2.45) is 0 Å².